The van der Waals surface area contributed by atoms with E-state index in [1.54, 1.807) is 34.6 Å². The van der Waals surface area contributed by atoms with E-state index < -0.39 is 10.0 Å². The van der Waals surface area contributed by atoms with Crippen LogP contribution < -0.4 is 9.62 Å². The van der Waals surface area contributed by atoms with E-state index in [1.165, 1.54) is 18.5 Å². The van der Waals surface area contributed by atoms with Crippen molar-refractivity contribution in [3.05, 3.63) is 71.6 Å². The van der Waals surface area contributed by atoms with Gasteiger partial charge in [0, 0.05) is 11.0 Å². The van der Waals surface area contributed by atoms with Crippen molar-refractivity contribution >= 4 is 39.4 Å². The van der Waals surface area contributed by atoms with E-state index in [-0.39, 0.29) is 34.2 Å². The number of anilines is 2. The van der Waals surface area contributed by atoms with Crippen LogP contribution in [0, 0.1) is 17.2 Å². The number of carbonyl (C=O) groups excluding carboxylic acids is 1. The Bertz CT molecular complexity index is 1470. The SMILES string of the molecule is N#Cc1cccc(S(=O)(=O)N2c3ccc(C(=O)Nc4ncco4)cc3C3(CCSCC3)C2C2CC2)c1. The van der Waals surface area contributed by atoms with Crippen molar-refractivity contribution in [3.63, 3.8) is 0 Å². The van der Waals surface area contributed by atoms with E-state index in [4.69, 9.17) is 4.42 Å². The monoisotopic (exact) mass is 520 g/mol. The lowest BCUT2D eigenvalue weighted by molar-refractivity contribution is 0.102. The van der Waals surface area contributed by atoms with Gasteiger partial charge in [-0.05, 0) is 85.1 Å². The third-order valence-electron chi connectivity index (χ3n) is 7.48. The summed E-state index contributed by atoms with van der Waals surface area (Å²) in [5, 5.41) is 12.0. The smallest absolute Gasteiger partial charge is 0.301 e. The lowest BCUT2D eigenvalue weighted by atomic mass is 9.70. The number of rotatable bonds is 5. The Kier molecular flexibility index (Phi) is 5.57. The molecule has 1 unspecified atom stereocenters. The van der Waals surface area contributed by atoms with Crippen molar-refractivity contribution in [1.29, 1.82) is 5.26 Å². The van der Waals surface area contributed by atoms with E-state index in [9.17, 15) is 18.5 Å². The third-order valence-corrected chi connectivity index (χ3v) is 10.3. The molecule has 3 aromatic rings. The first-order valence-corrected chi connectivity index (χ1v) is 14.5. The van der Waals surface area contributed by atoms with Crippen LogP contribution in [0.15, 0.2) is 64.2 Å². The first-order valence-electron chi connectivity index (χ1n) is 11.9. The highest BCUT2D eigenvalue weighted by Gasteiger charge is 2.59. The molecule has 8 nitrogen and oxygen atoms in total. The van der Waals surface area contributed by atoms with E-state index in [1.807, 2.05) is 23.9 Å². The van der Waals surface area contributed by atoms with Gasteiger partial charge in [0.1, 0.15) is 6.26 Å². The summed E-state index contributed by atoms with van der Waals surface area (Å²) in [7, 11) is -3.94. The predicted molar refractivity (Wildman–Crippen MR) is 136 cm³/mol. The standard InChI is InChI=1S/C26H24N4O4S2/c27-16-17-2-1-3-20(14-17)36(32,33)30-22-7-6-19(24(31)29-25-28-10-11-34-25)15-21(22)26(8-12-35-13-9-26)23(30)18-4-5-18/h1-3,6-7,10-11,14-15,18,23H,4-5,8-9,12-13H2,(H,28,29,31). The molecule has 1 spiro atoms. The van der Waals surface area contributed by atoms with Crippen molar-refractivity contribution in [2.75, 3.05) is 21.1 Å². The highest BCUT2D eigenvalue weighted by Crippen LogP contribution is 2.59. The van der Waals surface area contributed by atoms with Crippen LogP contribution in [0.1, 0.15) is 47.2 Å². The summed E-state index contributed by atoms with van der Waals surface area (Å²) >= 11 is 1.88. The molecule has 0 bridgehead atoms. The summed E-state index contributed by atoms with van der Waals surface area (Å²) in [6.07, 6.45) is 6.50. The maximum Gasteiger partial charge on any atom is 0.301 e. The number of nitrogens with zero attached hydrogens (tertiary/aromatic N) is 3. The molecule has 3 heterocycles. The number of nitrogens with one attached hydrogen (secondary N) is 1. The second-order valence-corrected chi connectivity index (χ2v) is 12.6. The minimum absolute atomic E-state index is 0.113. The lowest BCUT2D eigenvalue weighted by Gasteiger charge is -2.41. The number of oxazole rings is 1. The van der Waals surface area contributed by atoms with Gasteiger partial charge in [-0.15, -0.1) is 0 Å². The van der Waals surface area contributed by atoms with Crippen molar-refractivity contribution in [3.8, 4) is 6.07 Å². The number of carbonyl (C=O) groups is 1. The van der Waals surface area contributed by atoms with Crippen LogP contribution in [-0.4, -0.2) is 36.9 Å². The molecule has 1 aromatic heterocycles. The molecule has 0 radical (unpaired) electrons. The first kappa shape index (κ1) is 23.1. The maximum atomic E-state index is 14.2. The Balaban J connectivity index is 1.49. The van der Waals surface area contributed by atoms with Crippen molar-refractivity contribution in [2.45, 2.75) is 42.0 Å². The number of benzene rings is 2. The zero-order valence-electron chi connectivity index (χ0n) is 19.4. The van der Waals surface area contributed by atoms with Crippen LogP contribution in [-0.2, 0) is 15.4 Å². The van der Waals surface area contributed by atoms with Gasteiger partial charge in [-0.2, -0.15) is 17.0 Å². The molecule has 184 valence electrons. The number of sulfonamides is 1. The Morgan fingerprint density at radius 2 is 2.00 bits per heavy atom. The Labute approximate surface area is 213 Å². The summed E-state index contributed by atoms with van der Waals surface area (Å²) in [6.45, 7) is 0. The molecule has 2 fully saturated rings. The fraction of sp³-hybridized carbons (Fsp3) is 0.346. The maximum absolute atomic E-state index is 14.2. The van der Waals surface area contributed by atoms with Gasteiger partial charge < -0.3 is 4.42 Å². The van der Waals surface area contributed by atoms with Gasteiger partial charge in [0.2, 0.25) is 0 Å². The van der Waals surface area contributed by atoms with Gasteiger partial charge in [0.15, 0.2) is 0 Å². The van der Waals surface area contributed by atoms with Gasteiger partial charge in [-0.25, -0.2) is 13.4 Å². The average molecular weight is 521 g/mol. The second kappa shape index (κ2) is 8.68. The largest absolute Gasteiger partial charge is 0.432 e. The fourth-order valence-electron chi connectivity index (χ4n) is 5.73. The minimum Gasteiger partial charge on any atom is -0.432 e. The van der Waals surface area contributed by atoms with E-state index in [2.05, 4.69) is 10.3 Å². The molecule has 2 aliphatic heterocycles. The summed E-state index contributed by atoms with van der Waals surface area (Å²) < 4.78 is 35.1. The molecule has 1 saturated carbocycles. The predicted octanol–water partition coefficient (Wildman–Crippen LogP) is 4.55. The van der Waals surface area contributed by atoms with Crippen LogP contribution in [0.5, 0.6) is 0 Å². The van der Waals surface area contributed by atoms with Crippen LogP contribution in [0.2, 0.25) is 0 Å². The number of nitriles is 1. The van der Waals surface area contributed by atoms with Crippen LogP contribution in [0.4, 0.5) is 11.7 Å². The van der Waals surface area contributed by atoms with Crippen LogP contribution in [0.25, 0.3) is 0 Å². The number of hydrogen-bond acceptors (Lipinski definition) is 7. The summed E-state index contributed by atoms with van der Waals surface area (Å²) in [5.74, 6) is 1.78. The van der Waals surface area contributed by atoms with Gasteiger partial charge in [0.05, 0.1) is 34.5 Å². The molecular weight excluding hydrogens is 496 g/mol. The summed E-state index contributed by atoms with van der Waals surface area (Å²) in [4.78, 5) is 17.1. The van der Waals surface area contributed by atoms with Crippen molar-refractivity contribution < 1.29 is 17.6 Å². The molecule has 6 rings (SSSR count). The number of fused-ring (bicyclic) bond motifs is 2. The zero-order chi connectivity index (χ0) is 24.9. The Hall–Kier alpha value is -3.29. The van der Waals surface area contributed by atoms with E-state index in [0.29, 0.717) is 16.8 Å². The second-order valence-electron chi connectivity index (χ2n) is 9.51. The number of thioether (sulfide) groups is 1. The molecule has 36 heavy (non-hydrogen) atoms. The number of aromatic nitrogens is 1. The molecule has 1 atom stereocenters. The summed E-state index contributed by atoms with van der Waals surface area (Å²) in [5.41, 5.74) is 1.93. The molecule has 3 aliphatic rings. The van der Waals surface area contributed by atoms with Crippen LogP contribution in [0.3, 0.4) is 0 Å². The molecule has 1 saturated heterocycles. The first-order chi connectivity index (χ1) is 17.4. The lowest BCUT2D eigenvalue weighted by Crippen LogP contribution is -2.50. The molecule has 2 aromatic carbocycles. The third kappa shape index (κ3) is 3.69. The normalized spacial score (nSPS) is 20.6. The topological polar surface area (TPSA) is 116 Å². The highest BCUT2D eigenvalue weighted by atomic mass is 32.2. The Morgan fingerprint density at radius 3 is 2.69 bits per heavy atom. The van der Waals surface area contributed by atoms with Crippen molar-refractivity contribution in [1.82, 2.24) is 4.98 Å². The van der Waals surface area contributed by atoms with Gasteiger partial charge in [-0.3, -0.25) is 14.4 Å². The summed E-state index contributed by atoms with van der Waals surface area (Å²) in [6, 6.07) is 13.4. The van der Waals surface area contributed by atoms with Gasteiger partial charge >= 0.3 is 6.01 Å². The highest BCUT2D eigenvalue weighted by molar-refractivity contribution is 7.99. The van der Waals surface area contributed by atoms with E-state index in [0.717, 1.165) is 42.8 Å². The van der Waals surface area contributed by atoms with Crippen molar-refractivity contribution in [2.24, 2.45) is 5.92 Å². The average Bonchev–Trinajstić information content (AvgIpc) is 3.54. The number of hydrogen-bond donors (Lipinski definition) is 1. The van der Waals surface area contributed by atoms with Crippen LogP contribution >= 0.6 is 11.8 Å². The fourth-order valence-corrected chi connectivity index (χ4v) is 8.80. The molecule has 10 heteroatoms. The molecule has 1 amide bonds. The van der Waals surface area contributed by atoms with Gasteiger partial charge in [-0.1, -0.05) is 6.07 Å². The quantitative estimate of drug-likeness (QED) is 0.525. The number of amides is 1. The minimum atomic E-state index is -3.94. The molecular formula is C26H24N4O4S2. The Morgan fingerprint density at radius 1 is 1.19 bits per heavy atom. The van der Waals surface area contributed by atoms with E-state index >= 15 is 0 Å². The molecule has 1 N–H and O–H groups in total. The van der Waals surface area contributed by atoms with Gasteiger partial charge in [0.25, 0.3) is 15.9 Å². The zero-order valence-corrected chi connectivity index (χ0v) is 21.0. The molecule has 1 aliphatic carbocycles.